The minimum absolute atomic E-state index is 0.318. The van der Waals surface area contributed by atoms with Crippen LogP contribution < -0.4 is 11.5 Å². The van der Waals surface area contributed by atoms with E-state index in [1.807, 2.05) is 0 Å². The molecule has 0 bridgehead atoms. The molecular weight excluding hydrogens is 202 g/mol. The number of nitrogens with zero attached hydrogens (tertiary/aromatic N) is 1. The molecule has 0 radical (unpaired) electrons. The molecule has 2 rings (SSSR count). The maximum absolute atomic E-state index is 11.5. The smallest absolute Gasteiger partial charge is 0.239 e. The molecule has 0 heterocycles. The van der Waals surface area contributed by atoms with Gasteiger partial charge in [0.2, 0.25) is 5.91 Å². The number of carbonyl (C=O) groups is 1. The summed E-state index contributed by atoms with van der Waals surface area (Å²) in [7, 11) is 0. The zero-order valence-corrected chi connectivity index (χ0v) is 10.1. The van der Waals surface area contributed by atoms with Crippen molar-refractivity contribution < 1.29 is 4.79 Å². The van der Waals surface area contributed by atoms with E-state index in [1.165, 1.54) is 12.8 Å². The van der Waals surface area contributed by atoms with Crippen LogP contribution in [0.5, 0.6) is 0 Å². The van der Waals surface area contributed by atoms with Crippen molar-refractivity contribution in [2.75, 3.05) is 19.6 Å². The van der Waals surface area contributed by atoms with Gasteiger partial charge in [0.15, 0.2) is 0 Å². The van der Waals surface area contributed by atoms with Crippen LogP contribution in [0, 0.1) is 11.8 Å². The maximum Gasteiger partial charge on any atom is 0.239 e. The summed E-state index contributed by atoms with van der Waals surface area (Å²) < 4.78 is 0. The molecule has 2 aliphatic rings. The number of hydrogen-bond acceptors (Lipinski definition) is 3. The minimum Gasteiger partial charge on any atom is -0.368 e. The van der Waals surface area contributed by atoms with E-state index in [2.05, 4.69) is 11.8 Å². The molecule has 4 nitrogen and oxygen atoms in total. The Balaban J connectivity index is 1.94. The van der Waals surface area contributed by atoms with Crippen LogP contribution in [0.3, 0.4) is 0 Å². The molecule has 92 valence electrons. The minimum atomic E-state index is -0.787. The number of amides is 1. The Labute approximate surface area is 97.3 Å². The van der Waals surface area contributed by atoms with Gasteiger partial charge in [-0.1, -0.05) is 6.92 Å². The Hall–Kier alpha value is -0.610. The van der Waals surface area contributed by atoms with Gasteiger partial charge in [-0.15, -0.1) is 0 Å². The van der Waals surface area contributed by atoms with Crippen LogP contribution >= 0.6 is 0 Å². The standard InChI is InChI=1S/C12H23N3O/c1-2-15(7-9-3-4-9)8-12(14,11(13)16)10-5-6-10/h9-10H,2-8,14H2,1H3,(H2,13,16). The molecule has 1 unspecified atom stereocenters. The first-order chi connectivity index (χ1) is 7.56. The SMILES string of the molecule is CCN(CC1CC1)CC(N)(C(N)=O)C1CC1. The van der Waals surface area contributed by atoms with Crippen LogP contribution in [0.25, 0.3) is 0 Å². The van der Waals surface area contributed by atoms with Gasteiger partial charge >= 0.3 is 0 Å². The molecule has 0 spiro atoms. The van der Waals surface area contributed by atoms with Crippen molar-refractivity contribution in [2.24, 2.45) is 23.3 Å². The Kier molecular flexibility index (Phi) is 3.22. The predicted octanol–water partition coefficient (Wildman–Crippen LogP) is 0.311. The van der Waals surface area contributed by atoms with Crippen LogP contribution in [-0.4, -0.2) is 36.0 Å². The van der Waals surface area contributed by atoms with Crippen LogP contribution in [0.15, 0.2) is 0 Å². The van der Waals surface area contributed by atoms with Crippen molar-refractivity contribution in [3.05, 3.63) is 0 Å². The first kappa shape index (κ1) is 11.9. The summed E-state index contributed by atoms with van der Waals surface area (Å²) in [6.07, 6.45) is 4.77. The summed E-state index contributed by atoms with van der Waals surface area (Å²) in [6.45, 7) is 4.79. The molecule has 0 aromatic carbocycles. The van der Waals surface area contributed by atoms with E-state index in [0.29, 0.717) is 12.5 Å². The highest BCUT2D eigenvalue weighted by atomic mass is 16.1. The molecule has 0 aromatic rings. The van der Waals surface area contributed by atoms with E-state index in [1.54, 1.807) is 0 Å². The molecule has 2 fully saturated rings. The topological polar surface area (TPSA) is 72.3 Å². The predicted molar refractivity (Wildman–Crippen MR) is 63.7 cm³/mol. The second-order valence-electron chi connectivity index (χ2n) is 5.45. The van der Waals surface area contributed by atoms with E-state index in [4.69, 9.17) is 11.5 Å². The largest absolute Gasteiger partial charge is 0.368 e. The third-order valence-corrected chi connectivity index (χ3v) is 3.91. The molecular formula is C12H23N3O. The first-order valence-electron chi connectivity index (χ1n) is 6.37. The highest BCUT2D eigenvalue weighted by Crippen LogP contribution is 2.39. The highest BCUT2D eigenvalue weighted by Gasteiger charge is 2.47. The van der Waals surface area contributed by atoms with Crippen molar-refractivity contribution in [3.63, 3.8) is 0 Å². The van der Waals surface area contributed by atoms with Gasteiger partial charge in [0.05, 0.1) is 0 Å². The van der Waals surface area contributed by atoms with Crippen LogP contribution in [0.2, 0.25) is 0 Å². The Morgan fingerprint density at radius 2 is 2.00 bits per heavy atom. The lowest BCUT2D eigenvalue weighted by atomic mass is 9.92. The third kappa shape index (κ3) is 2.55. The van der Waals surface area contributed by atoms with Gasteiger partial charge in [0, 0.05) is 13.1 Å². The Bertz CT molecular complexity index is 273. The van der Waals surface area contributed by atoms with Gasteiger partial charge in [0.25, 0.3) is 0 Å². The van der Waals surface area contributed by atoms with E-state index >= 15 is 0 Å². The normalized spacial score (nSPS) is 24.4. The third-order valence-electron chi connectivity index (χ3n) is 3.91. The lowest BCUT2D eigenvalue weighted by Gasteiger charge is -2.32. The molecule has 0 aromatic heterocycles. The first-order valence-corrected chi connectivity index (χ1v) is 6.37. The van der Waals surface area contributed by atoms with Gasteiger partial charge in [-0.3, -0.25) is 4.79 Å². The summed E-state index contributed by atoms with van der Waals surface area (Å²) in [6, 6.07) is 0. The van der Waals surface area contributed by atoms with Crippen LogP contribution in [0.4, 0.5) is 0 Å². The van der Waals surface area contributed by atoms with Gasteiger partial charge < -0.3 is 16.4 Å². The number of likely N-dealkylation sites (N-methyl/N-ethyl adjacent to an activating group) is 1. The van der Waals surface area contributed by atoms with Gasteiger partial charge in [-0.25, -0.2) is 0 Å². The van der Waals surface area contributed by atoms with Gasteiger partial charge in [-0.2, -0.15) is 0 Å². The molecule has 16 heavy (non-hydrogen) atoms. The fourth-order valence-electron chi connectivity index (χ4n) is 2.35. The lowest BCUT2D eigenvalue weighted by molar-refractivity contribution is -0.124. The molecule has 4 N–H and O–H groups in total. The Morgan fingerprint density at radius 3 is 2.38 bits per heavy atom. The van der Waals surface area contributed by atoms with Crippen molar-refractivity contribution in [1.29, 1.82) is 0 Å². The maximum atomic E-state index is 11.5. The van der Waals surface area contributed by atoms with Crippen molar-refractivity contribution in [2.45, 2.75) is 38.1 Å². The number of nitrogens with two attached hydrogens (primary N) is 2. The summed E-state index contributed by atoms with van der Waals surface area (Å²) in [5, 5.41) is 0. The van der Waals surface area contributed by atoms with Crippen molar-refractivity contribution in [1.82, 2.24) is 4.90 Å². The summed E-state index contributed by atoms with van der Waals surface area (Å²) >= 11 is 0. The molecule has 0 aliphatic heterocycles. The van der Waals surface area contributed by atoms with E-state index < -0.39 is 5.54 Å². The van der Waals surface area contributed by atoms with E-state index in [0.717, 1.165) is 31.8 Å². The van der Waals surface area contributed by atoms with Gasteiger partial charge in [-0.05, 0) is 44.1 Å². The second-order valence-corrected chi connectivity index (χ2v) is 5.45. The van der Waals surface area contributed by atoms with E-state index in [-0.39, 0.29) is 5.91 Å². The van der Waals surface area contributed by atoms with E-state index in [9.17, 15) is 4.79 Å². The fourth-order valence-corrected chi connectivity index (χ4v) is 2.35. The number of primary amides is 1. The quantitative estimate of drug-likeness (QED) is 0.655. The number of rotatable bonds is 7. The summed E-state index contributed by atoms with van der Waals surface area (Å²) in [5.41, 5.74) is 10.9. The molecule has 1 atom stereocenters. The fraction of sp³-hybridized carbons (Fsp3) is 0.917. The lowest BCUT2D eigenvalue weighted by Crippen LogP contribution is -2.60. The van der Waals surface area contributed by atoms with Crippen molar-refractivity contribution in [3.8, 4) is 0 Å². The number of hydrogen-bond donors (Lipinski definition) is 2. The Morgan fingerprint density at radius 1 is 1.38 bits per heavy atom. The molecule has 2 aliphatic carbocycles. The molecule has 4 heteroatoms. The van der Waals surface area contributed by atoms with Gasteiger partial charge in [0.1, 0.15) is 5.54 Å². The monoisotopic (exact) mass is 225 g/mol. The average molecular weight is 225 g/mol. The summed E-state index contributed by atoms with van der Waals surface area (Å²) in [4.78, 5) is 13.8. The molecule has 1 amide bonds. The van der Waals surface area contributed by atoms with Crippen LogP contribution in [-0.2, 0) is 4.79 Å². The molecule has 2 saturated carbocycles. The second kappa shape index (κ2) is 4.34. The zero-order valence-electron chi connectivity index (χ0n) is 10.1. The molecule has 0 saturated heterocycles. The zero-order chi connectivity index (χ0) is 11.8. The summed E-state index contributed by atoms with van der Waals surface area (Å²) in [5.74, 6) is 0.818. The number of carbonyl (C=O) groups excluding carboxylic acids is 1. The highest BCUT2D eigenvalue weighted by molar-refractivity contribution is 5.85. The van der Waals surface area contributed by atoms with Crippen LogP contribution in [0.1, 0.15) is 32.6 Å². The average Bonchev–Trinajstić information content (AvgIpc) is 3.08. The van der Waals surface area contributed by atoms with Crippen molar-refractivity contribution >= 4 is 5.91 Å².